The van der Waals surface area contributed by atoms with Gasteiger partial charge in [-0.25, -0.2) is 0 Å². The van der Waals surface area contributed by atoms with Crippen LogP contribution < -0.4 is 11.5 Å². The number of aryl methyl sites for hydroxylation is 1. The van der Waals surface area contributed by atoms with Gasteiger partial charge in [-0.1, -0.05) is 29.3 Å². The van der Waals surface area contributed by atoms with Gasteiger partial charge in [-0.2, -0.15) is 0 Å². The summed E-state index contributed by atoms with van der Waals surface area (Å²) in [6.45, 7) is -0.192. The highest BCUT2D eigenvalue weighted by Gasteiger charge is 2.14. The topological polar surface area (TPSA) is 113 Å². The van der Waals surface area contributed by atoms with Crippen LogP contribution in [0.5, 0.6) is 0 Å². The van der Waals surface area contributed by atoms with Crippen molar-refractivity contribution in [1.29, 1.82) is 0 Å². The second-order valence-corrected chi connectivity index (χ2v) is 4.65. The zero-order valence-corrected chi connectivity index (χ0v) is 12.0. The van der Waals surface area contributed by atoms with E-state index in [2.05, 4.69) is 11.5 Å². The van der Waals surface area contributed by atoms with E-state index in [-0.39, 0.29) is 6.67 Å². The van der Waals surface area contributed by atoms with E-state index in [1.54, 1.807) is 12.1 Å². The van der Waals surface area contributed by atoms with Crippen molar-refractivity contribution in [3.8, 4) is 0 Å². The Hall–Kier alpha value is -0.400. The number of rotatable bonds is 5. The normalized spacial score (nSPS) is 13.4. The summed E-state index contributed by atoms with van der Waals surface area (Å²) in [6.07, 6.45) is -1.10. The summed E-state index contributed by atoms with van der Waals surface area (Å²) in [5.74, 6) is 0. The third kappa shape index (κ3) is 7.69. The predicted octanol–water partition coefficient (Wildman–Crippen LogP) is 0.501. The fourth-order valence-electron chi connectivity index (χ4n) is 1.32. The molecular weight excluding hydrogens is 291 g/mol. The van der Waals surface area contributed by atoms with Gasteiger partial charge in [0.1, 0.15) is 6.10 Å². The van der Waals surface area contributed by atoms with Crippen LogP contribution in [0.3, 0.4) is 0 Å². The van der Waals surface area contributed by atoms with Gasteiger partial charge in [-0.05, 0) is 30.5 Å². The second-order valence-electron chi connectivity index (χ2n) is 3.84. The molecule has 0 saturated heterocycles. The number of aliphatic hydroxyl groups excluding tert-OH is 3. The molecule has 1 rings (SSSR count). The Morgan fingerprint density at radius 2 is 1.63 bits per heavy atom. The molecule has 7 heteroatoms. The molecule has 1 unspecified atom stereocenters. The maximum absolute atomic E-state index is 9.43. The summed E-state index contributed by atoms with van der Waals surface area (Å²) < 4.78 is 0. The summed E-state index contributed by atoms with van der Waals surface area (Å²) in [7, 11) is 0. The zero-order valence-electron chi connectivity index (χ0n) is 10.5. The van der Waals surface area contributed by atoms with E-state index in [0.29, 0.717) is 22.9 Å². The van der Waals surface area contributed by atoms with Crippen LogP contribution in [0.1, 0.15) is 12.0 Å². The van der Waals surface area contributed by atoms with Gasteiger partial charge in [-0.15, -0.1) is 0 Å². The minimum Gasteiger partial charge on any atom is -0.394 e. The summed E-state index contributed by atoms with van der Waals surface area (Å²) >= 11 is 11.6. The minimum absolute atomic E-state index is 0.250. The third-order valence-corrected chi connectivity index (χ3v) is 3.08. The fraction of sp³-hybridized carbons (Fsp3) is 0.500. The van der Waals surface area contributed by atoms with Gasteiger partial charge >= 0.3 is 0 Å². The van der Waals surface area contributed by atoms with Gasteiger partial charge < -0.3 is 26.8 Å². The quantitative estimate of drug-likeness (QED) is 0.508. The van der Waals surface area contributed by atoms with Crippen molar-refractivity contribution in [1.82, 2.24) is 0 Å². The van der Waals surface area contributed by atoms with Crippen LogP contribution in [-0.4, -0.2) is 40.8 Å². The molecule has 5 nitrogen and oxygen atoms in total. The van der Waals surface area contributed by atoms with Crippen molar-refractivity contribution < 1.29 is 15.3 Å². The Morgan fingerprint density at radius 1 is 1.05 bits per heavy atom. The Labute approximate surface area is 122 Å². The van der Waals surface area contributed by atoms with E-state index in [1.807, 2.05) is 6.07 Å². The minimum atomic E-state index is -1.09. The molecule has 0 saturated carbocycles. The average molecular weight is 311 g/mol. The van der Waals surface area contributed by atoms with Gasteiger partial charge in [-0.3, -0.25) is 0 Å². The first-order valence-corrected chi connectivity index (χ1v) is 6.52. The van der Waals surface area contributed by atoms with E-state index in [9.17, 15) is 5.11 Å². The average Bonchev–Trinajstić information content (AvgIpc) is 2.39. The molecule has 0 aliphatic rings. The lowest BCUT2D eigenvalue weighted by atomic mass is 10.0. The van der Waals surface area contributed by atoms with Crippen LogP contribution in [0.15, 0.2) is 18.2 Å². The van der Waals surface area contributed by atoms with E-state index in [0.717, 1.165) is 5.56 Å². The number of benzene rings is 1. The SMILES string of the molecule is NCN.OCC(O)[C@@H](O)CCc1ccc(Cl)c(Cl)c1. The van der Waals surface area contributed by atoms with Crippen LogP contribution in [0, 0.1) is 0 Å². The monoisotopic (exact) mass is 310 g/mol. The first kappa shape index (κ1) is 18.6. The molecular formula is C12H20Cl2N2O3. The second kappa shape index (κ2) is 10.4. The highest BCUT2D eigenvalue weighted by atomic mass is 35.5. The maximum atomic E-state index is 9.43. The fourth-order valence-corrected chi connectivity index (χ4v) is 1.64. The maximum Gasteiger partial charge on any atom is 0.103 e. The smallest absolute Gasteiger partial charge is 0.103 e. The number of hydrogen-bond acceptors (Lipinski definition) is 5. The van der Waals surface area contributed by atoms with E-state index in [1.165, 1.54) is 0 Å². The van der Waals surface area contributed by atoms with Crippen molar-refractivity contribution >= 4 is 23.2 Å². The Kier molecular flexibility index (Phi) is 10.2. The molecule has 19 heavy (non-hydrogen) atoms. The molecule has 0 amide bonds. The summed E-state index contributed by atoms with van der Waals surface area (Å²) in [5.41, 5.74) is 10.2. The number of aliphatic hydroxyl groups is 3. The number of nitrogens with two attached hydrogens (primary N) is 2. The number of hydrogen-bond donors (Lipinski definition) is 5. The molecule has 0 bridgehead atoms. The van der Waals surface area contributed by atoms with E-state index >= 15 is 0 Å². The van der Waals surface area contributed by atoms with Crippen LogP contribution in [0.2, 0.25) is 10.0 Å². The molecule has 0 aliphatic heterocycles. The lowest BCUT2D eigenvalue weighted by Crippen LogP contribution is -2.29. The third-order valence-electron chi connectivity index (χ3n) is 2.34. The molecule has 1 aromatic rings. The van der Waals surface area contributed by atoms with Gasteiger partial charge in [0.15, 0.2) is 0 Å². The molecule has 0 aromatic heterocycles. The highest BCUT2D eigenvalue weighted by molar-refractivity contribution is 6.42. The Bertz CT molecular complexity index is 367. The van der Waals surface area contributed by atoms with Gasteiger partial charge in [0.2, 0.25) is 0 Å². The summed E-state index contributed by atoms with van der Waals surface area (Å²) in [4.78, 5) is 0. The molecule has 0 spiro atoms. The van der Waals surface area contributed by atoms with Crippen molar-refractivity contribution in [2.24, 2.45) is 11.5 Å². The lowest BCUT2D eigenvalue weighted by Gasteiger charge is -2.15. The zero-order chi connectivity index (χ0) is 14.8. The first-order valence-electron chi connectivity index (χ1n) is 5.77. The molecule has 110 valence electrons. The van der Waals surface area contributed by atoms with Crippen molar-refractivity contribution in [3.05, 3.63) is 33.8 Å². The van der Waals surface area contributed by atoms with Crippen LogP contribution >= 0.6 is 23.2 Å². The van der Waals surface area contributed by atoms with Gasteiger partial charge in [0.05, 0.1) is 22.8 Å². The standard InChI is InChI=1S/C11H14Cl2O3.CH6N2/c12-8-3-1-7(5-9(8)13)2-4-10(15)11(16)6-14;2-1-3/h1,3,5,10-11,14-16H,2,4,6H2;1-3H2/t10-,11?;/m0./s1. The molecule has 0 radical (unpaired) electrons. The molecule has 0 heterocycles. The van der Waals surface area contributed by atoms with Gasteiger partial charge in [0, 0.05) is 6.67 Å². The molecule has 1 aromatic carbocycles. The van der Waals surface area contributed by atoms with Crippen LogP contribution in [-0.2, 0) is 6.42 Å². The first-order chi connectivity index (χ1) is 8.96. The lowest BCUT2D eigenvalue weighted by molar-refractivity contribution is -0.0172. The van der Waals surface area contributed by atoms with E-state index < -0.39 is 18.8 Å². The molecule has 2 atom stereocenters. The predicted molar refractivity (Wildman–Crippen MR) is 77.1 cm³/mol. The van der Waals surface area contributed by atoms with Gasteiger partial charge in [0.25, 0.3) is 0 Å². The van der Waals surface area contributed by atoms with Crippen molar-refractivity contribution in [3.63, 3.8) is 0 Å². The molecule has 0 aliphatic carbocycles. The largest absolute Gasteiger partial charge is 0.394 e. The van der Waals surface area contributed by atoms with Crippen molar-refractivity contribution in [2.75, 3.05) is 13.3 Å². The number of halogens is 2. The summed E-state index contributed by atoms with van der Waals surface area (Å²) in [6, 6.07) is 5.22. The Morgan fingerprint density at radius 3 is 2.11 bits per heavy atom. The molecule has 7 N–H and O–H groups in total. The molecule has 0 fully saturated rings. The van der Waals surface area contributed by atoms with Crippen molar-refractivity contribution in [2.45, 2.75) is 25.0 Å². The summed E-state index contributed by atoms with van der Waals surface area (Å²) in [5, 5.41) is 28.2. The Balaban J connectivity index is 0.000000982. The highest BCUT2D eigenvalue weighted by Crippen LogP contribution is 2.23. The van der Waals surface area contributed by atoms with E-state index in [4.69, 9.17) is 33.4 Å². The van der Waals surface area contributed by atoms with Crippen LogP contribution in [0.4, 0.5) is 0 Å². The van der Waals surface area contributed by atoms with Crippen LogP contribution in [0.25, 0.3) is 0 Å².